The van der Waals surface area contributed by atoms with Gasteiger partial charge in [0.25, 0.3) is 0 Å². The first-order valence-electron chi connectivity index (χ1n) is 8.62. The molecule has 0 fully saturated rings. The first kappa shape index (κ1) is 19.0. The zero-order valence-electron chi connectivity index (χ0n) is 15.2. The number of ether oxygens (including phenoxy) is 2. The summed E-state index contributed by atoms with van der Waals surface area (Å²) < 4.78 is 10.4. The van der Waals surface area contributed by atoms with E-state index >= 15 is 0 Å². The van der Waals surface area contributed by atoms with Crippen molar-refractivity contribution in [2.24, 2.45) is 5.41 Å². The lowest BCUT2D eigenvalue weighted by molar-refractivity contribution is -0.147. The van der Waals surface area contributed by atoms with Crippen LogP contribution in [0.1, 0.15) is 45.6 Å². The van der Waals surface area contributed by atoms with Crippen LogP contribution in [-0.2, 0) is 25.7 Å². The predicted molar refractivity (Wildman–Crippen MR) is 98.0 cm³/mol. The van der Waals surface area contributed by atoms with Crippen molar-refractivity contribution in [1.82, 2.24) is 0 Å². The van der Waals surface area contributed by atoms with Crippen molar-refractivity contribution >= 4 is 22.7 Å². The molecule has 0 radical (unpaired) electrons. The van der Waals surface area contributed by atoms with Crippen molar-refractivity contribution in [2.75, 3.05) is 6.61 Å². The Morgan fingerprint density at radius 3 is 2.20 bits per heavy atom. The molecular formula is C21H26O4. The van der Waals surface area contributed by atoms with E-state index < -0.39 is 0 Å². The largest absolute Gasteiger partial charge is 0.465 e. The summed E-state index contributed by atoms with van der Waals surface area (Å²) in [6, 6.07) is 14.1. The van der Waals surface area contributed by atoms with Gasteiger partial charge in [0.05, 0.1) is 6.61 Å². The maximum Gasteiger partial charge on any atom is 0.306 e. The van der Waals surface area contributed by atoms with Crippen LogP contribution in [0.25, 0.3) is 10.8 Å². The summed E-state index contributed by atoms with van der Waals surface area (Å²) in [4.78, 5) is 23.4. The van der Waals surface area contributed by atoms with Gasteiger partial charge in [0, 0.05) is 12.8 Å². The zero-order valence-corrected chi connectivity index (χ0v) is 15.2. The third-order valence-corrected chi connectivity index (χ3v) is 3.64. The van der Waals surface area contributed by atoms with Crippen LogP contribution in [0.5, 0.6) is 0 Å². The van der Waals surface area contributed by atoms with Gasteiger partial charge in [-0.05, 0) is 34.2 Å². The minimum absolute atomic E-state index is 0.0472. The molecule has 0 N–H and O–H groups in total. The van der Waals surface area contributed by atoms with Crippen LogP contribution in [0, 0.1) is 5.41 Å². The van der Waals surface area contributed by atoms with Gasteiger partial charge in [-0.25, -0.2) is 0 Å². The van der Waals surface area contributed by atoms with E-state index in [1.807, 2.05) is 63.2 Å². The molecule has 0 aromatic heterocycles. The number of esters is 2. The first-order chi connectivity index (χ1) is 11.8. The number of benzene rings is 2. The topological polar surface area (TPSA) is 52.6 Å². The summed E-state index contributed by atoms with van der Waals surface area (Å²) in [6.07, 6.45) is 0.902. The monoisotopic (exact) mass is 342 g/mol. The lowest BCUT2D eigenvalue weighted by atomic mass is 9.99. The molecule has 0 heterocycles. The second-order valence-electron chi connectivity index (χ2n) is 7.42. The lowest BCUT2D eigenvalue weighted by Crippen LogP contribution is -2.18. The molecule has 0 amide bonds. The van der Waals surface area contributed by atoms with Crippen molar-refractivity contribution in [2.45, 2.75) is 46.6 Å². The van der Waals surface area contributed by atoms with E-state index in [9.17, 15) is 9.59 Å². The average molecular weight is 342 g/mol. The Kier molecular flexibility index (Phi) is 6.57. The molecule has 0 atom stereocenters. The van der Waals surface area contributed by atoms with E-state index in [1.54, 1.807) is 0 Å². The van der Waals surface area contributed by atoms with E-state index in [0.29, 0.717) is 13.0 Å². The molecule has 4 heteroatoms. The number of hydrogen-bond acceptors (Lipinski definition) is 4. The predicted octanol–water partition coefficient (Wildman–Crippen LogP) is 4.64. The standard InChI is InChI=1S/C21H26O4/c1-21(2,3)15-25-20(23)10-6-9-19(22)24-14-16-11-12-17-7-4-5-8-18(17)13-16/h4-5,7-8,11-13H,6,9-10,14-15H2,1-3H3. The van der Waals surface area contributed by atoms with Gasteiger partial charge in [-0.3, -0.25) is 9.59 Å². The fourth-order valence-corrected chi connectivity index (χ4v) is 2.31. The van der Waals surface area contributed by atoms with Gasteiger partial charge in [-0.2, -0.15) is 0 Å². The second-order valence-corrected chi connectivity index (χ2v) is 7.42. The van der Waals surface area contributed by atoms with Crippen LogP contribution >= 0.6 is 0 Å². The summed E-state index contributed by atoms with van der Waals surface area (Å²) in [5.41, 5.74) is 0.908. The van der Waals surface area contributed by atoms with Gasteiger partial charge in [0.2, 0.25) is 0 Å². The summed E-state index contributed by atoms with van der Waals surface area (Å²) in [7, 11) is 0. The van der Waals surface area contributed by atoms with E-state index in [0.717, 1.165) is 16.3 Å². The molecule has 2 rings (SSSR count). The lowest BCUT2D eigenvalue weighted by Gasteiger charge is -2.17. The minimum atomic E-state index is -0.295. The Labute approximate surface area is 149 Å². The van der Waals surface area contributed by atoms with Gasteiger partial charge < -0.3 is 9.47 Å². The van der Waals surface area contributed by atoms with Crippen LogP contribution in [0.4, 0.5) is 0 Å². The van der Waals surface area contributed by atoms with Gasteiger partial charge in [-0.1, -0.05) is 57.2 Å². The van der Waals surface area contributed by atoms with Gasteiger partial charge >= 0.3 is 11.9 Å². The smallest absolute Gasteiger partial charge is 0.306 e. The van der Waals surface area contributed by atoms with Crippen molar-refractivity contribution in [3.63, 3.8) is 0 Å². The highest BCUT2D eigenvalue weighted by Gasteiger charge is 2.14. The quantitative estimate of drug-likeness (QED) is 0.688. The molecule has 25 heavy (non-hydrogen) atoms. The normalized spacial score (nSPS) is 11.3. The number of carbonyl (C=O) groups excluding carboxylic acids is 2. The number of rotatable bonds is 7. The highest BCUT2D eigenvalue weighted by Crippen LogP contribution is 2.17. The van der Waals surface area contributed by atoms with Crippen LogP contribution in [0.2, 0.25) is 0 Å². The SMILES string of the molecule is CC(C)(C)COC(=O)CCCC(=O)OCc1ccc2ccccc2c1. The van der Waals surface area contributed by atoms with Gasteiger partial charge in [0.15, 0.2) is 0 Å². The van der Waals surface area contributed by atoms with Crippen molar-refractivity contribution in [1.29, 1.82) is 0 Å². The van der Waals surface area contributed by atoms with E-state index in [2.05, 4.69) is 0 Å². The van der Waals surface area contributed by atoms with Gasteiger partial charge in [0.1, 0.15) is 6.61 Å². The molecule has 0 aliphatic carbocycles. The van der Waals surface area contributed by atoms with Crippen molar-refractivity contribution in [3.05, 3.63) is 48.0 Å². The zero-order chi connectivity index (χ0) is 18.3. The van der Waals surface area contributed by atoms with Crippen LogP contribution < -0.4 is 0 Å². The Balaban J connectivity index is 1.69. The van der Waals surface area contributed by atoms with Gasteiger partial charge in [-0.15, -0.1) is 0 Å². The first-order valence-corrected chi connectivity index (χ1v) is 8.62. The van der Waals surface area contributed by atoms with Crippen LogP contribution in [0.15, 0.2) is 42.5 Å². The Bertz CT molecular complexity index is 728. The fraction of sp³-hybridized carbons (Fsp3) is 0.429. The van der Waals surface area contributed by atoms with E-state index in [-0.39, 0.29) is 36.8 Å². The number of fused-ring (bicyclic) bond motifs is 1. The van der Waals surface area contributed by atoms with E-state index in [1.165, 1.54) is 0 Å². The third-order valence-electron chi connectivity index (χ3n) is 3.64. The summed E-state index contributed by atoms with van der Waals surface area (Å²) >= 11 is 0. The Hall–Kier alpha value is -2.36. The molecule has 4 nitrogen and oxygen atoms in total. The van der Waals surface area contributed by atoms with Crippen molar-refractivity contribution in [3.8, 4) is 0 Å². The fourth-order valence-electron chi connectivity index (χ4n) is 2.31. The highest BCUT2D eigenvalue weighted by atomic mass is 16.5. The Morgan fingerprint density at radius 1 is 0.880 bits per heavy atom. The maximum absolute atomic E-state index is 11.8. The molecular weight excluding hydrogens is 316 g/mol. The van der Waals surface area contributed by atoms with Crippen LogP contribution in [0.3, 0.4) is 0 Å². The molecule has 2 aromatic rings. The third kappa shape index (κ3) is 6.96. The maximum atomic E-state index is 11.8. The van der Waals surface area contributed by atoms with Crippen LogP contribution in [-0.4, -0.2) is 18.5 Å². The summed E-state index contributed by atoms with van der Waals surface area (Å²) in [5, 5.41) is 2.28. The summed E-state index contributed by atoms with van der Waals surface area (Å²) in [5.74, 6) is -0.561. The second kappa shape index (κ2) is 8.65. The average Bonchev–Trinajstić information content (AvgIpc) is 2.57. The Morgan fingerprint density at radius 2 is 1.52 bits per heavy atom. The molecule has 0 spiro atoms. The highest BCUT2D eigenvalue weighted by molar-refractivity contribution is 5.83. The molecule has 0 aliphatic heterocycles. The van der Waals surface area contributed by atoms with E-state index in [4.69, 9.17) is 9.47 Å². The molecule has 0 saturated carbocycles. The molecule has 134 valence electrons. The molecule has 0 saturated heterocycles. The molecule has 2 aromatic carbocycles. The minimum Gasteiger partial charge on any atom is -0.465 e. The molecule has 0 unspecified atom stereocenters. The number of hydrogen-bond donors (Lipinski definition) is 0. The molecule has 0 aliphatic rings. The summed E-state index contributed by atoms with van der Waals surface area (Å²) in [6.45, 7) is 6.65. The number of carbonyl (C=O) groups is 2. The molecule has 0 bridgehead atoms. The van der Waals surface area contributed by atoms with Crippen molar-refractivity contribution < 1.29 is 19.1 Å².